The number of thioether (sulfide) groups is 1. The molecule has 0 aromatic heterocycles. The van der Waals surface area contributed by atoms with Crippen LogP contribution in [0.3, 0.4) is 0 Å². The van der Waals surface area contributed by atoms with Gasteiger partial charge in [-0.1, -0.05) is 41.6 Å². The molecule has 3 aliphatic rings. The van der Waals surface area contributed by atoms with E-state index in [1.807, 2.05) is 0 Å². The molecule has 2 aliphatic heterocycles. The summed E-state index contributed by atoms with van der Waals surface area (Å²) >= 11 is 1.75. The van der Waals surface area contributed by atoms with Crippen molar-refractivity contribution in [2.24, 2.45) is 10.4 Å². The van der Waals surface area contributed by atoms with Crippen molar-refractivity contribution in [2.45, 2.75) is 32.1 Å². The molecular formula is C23H30FN3O3S2. The number of hydrogen-bond acceptors (Lipinski definition) is 6. The first-order chi connectivity index (χ1) is 15.4. The Hall–Kier alpha value is -1.68. The van der Waals surface area contributed by atoms with E-state index in [-0.39, 0.29) is 30.1 Å². The molecule has 0 atom stereocenters. The number of allylic oxidation sites excluding steroid dienone is 2. The summed E-state index contributed by atoms with van der Waals surface area (Å²) in [6.07, 6.45) is 8.67. The van der Waals surface area contributed by atoms with Crippen LogP contribution in [0.25, 0.3) is 0 Å². The number of nitrogens with zero attached hydrogens (tertiary/aromatic N) is 2. The summed E-state index contributed by atoms with van der Waals surface area (Å²) in [5.41, 5.74) is 3.27. The Morgan fingerprint density at radius 2 is 1.97 bits per heavy atom. The molecule has 2 N–H and O–H groups in total. The second kappa shape index (κ2) is 10.1. The summed E-state index contributed by atoms with van der Waals surface area (Å²) in [5.74, 6) is 0.688. The number of aliphatic imine (C=N–C) groups is 1. The minimum atomic E-state index is -3.39. The Labute approximate surface area is 193 Å². The van der Waals surface area contributed by atoms with E-state index in [2.05, 4.69) is 21.8 Å². The Morgan fingerprint density at radius 1 is 1.19 bits per heavy atom. The van der Waals surface area contributed by atoms with Crippen molar-refractivity contribution in [3.8, 4) is 0 Å². The van der Waals surface area contributed by atoms with Crippen molar-refractivity contribution in [3.63, 3.8) is 0 Å². The van der Waals surface area contributed by atoms with Crippen LogP contribution in [0.2, 0.25) is 0 Å². The summed E-state index contributed by atoms with van der Waals surface area (Å²) in [4.78, 5) is 7.21. The fraction of sp³-hybridized carbons (Fsp3) is 0.522. The Bertz CT molecular complexity index is 1010. The molecule has 1 saturated heterocycles. The smallest absolute Gasteiger partial charge is 0.215 e. The van der Waals surface area contributed by atoms with Gasteiger partial charge in [0.15, 0.2) is 5.17 Å². The van der Waals surface area contributed by atoms with E-state index in [0.717, 1.165) is 66.5 Å². The van der Waals surface area contributed by atoms with Gasteiger partial charge in [0, 0.05) is 42.9 Å². The molecule has 1 fully saturated rings. The molecular weight excluding hydrogens is 449 g/mol. The van der Waals surface area contributed by atoms with Gasteiger partial charge in [-0.3, -0.25) is 0 Å². The zero-order valence-electron chi connectivity index (χ0n) is 18.1. The topological polar surface area (TPSA) is 82.0 Å². The number of amidine groups is 1. The maximum Gasteiger partial charge on any atom is 0.215 e. The van der Waals surface area contributed by atoms with E-state index in [9.17, 15) is 12.8 Å². The van der Waals surface area contributed by atoms with Crippen molar-refractivity contribution in [3.05, 3.63) is 59.1 Å². The van der Waals surface area contributed by atoms with E-state index in [1.54, 1.807) is 23.9 Å². The number of aliphatic hydroxyl groups is 1. The highest BCUT2D eigenvalue weighted by Crippen LogP contribution is 2.44. The number of benzene rings is 1. The minimum Gasteiger partial charge on any atom is -0.395 e. The Balaban J connectivity index is 1.30. The predicted octanol–water partition coefficient (Wildman–Crippen LogP) is 3.07. The molecule has 1 aromatic carbocycles. The molecule has 0 radical (unpaired) electrons. The van der Waals surface area contributed by atoms with Crippen LogP contribution in [0, 0.1) is 11.2 Å². The molecule has 1 aliphatic carbocycles. The molecule has 6 nitrogen and oxygen atoms in total. The fourth-order valence-electron chi connectivity index (χ4n) is 4.58. The van der Waals surface area contributed by atoms with Crippen LogP contribution in [-0.2, 0) is 16.4 Å². The zero-order chi connectivity index (χ0) is 22.6. The standard InChI is InChI=1S/C23H30FN3O3S2/c24-20-5-3-18(4-6-20)14-21-8-13-31-22(26-21)27-16-23(17-27)9-1-2-19(7-10-23)15-32(29,30)25-11-12-28/h2-6,8,25,28H,1,7,9-17H2. The highest BCUT2D eigenvalue weighted by atomic mass is 32.2. The van der Waals surface area contributed by atoms with Gasteiger partial charge in [-0.25, -0.2) is 22.5 Å². The van der Waals surface area contributed by atoms with E-state index in [1.165, 1.54) is 12.1 Å². The summed E-state index contributed by atoms with van der Waals surface area (Å²) in [7, 11) is -3.39. The Kier molecular flexibility index (Phi) is 7.39. The van der Waals surface area contributed by atoms with Crippen molar-refractivity contribution in [1.29, 1.82) is 0 Å². The first-order valence-corrected chi connectivity index (χ1v) is 13.7. The number of halogens is 1. The van der Waals surface area contributed by atoms with E-state index in [0.29, 0.717) is 6.42 Å². The number of hydrogen-bond donors (Lipinski definition) is 2. The molecule has 0 amide bonds. The molecule has 0 saturated carbocycles. The predicted molar refractivity (Wildman–Crippen MR) is 128 cm³/mol. The van der Waals surface area contributed by atoms with Crippen LogP contribution < -0.4 is 4.72 Å². The summed E-state index contributed by atoms with van der Waals surface area (Å²) in [5, 5.41) is 9.91. The number of nitrogens with one attached hydrogen (secondary N) is 1. The highest BCUT2D eigenvalue weighted by molar-refractivity contribution is 8.13. The number of aliphatic hydroxyl groups excluding tert-OH is 1. The number of likely N-dealkylation sites (tertiary alicyclic amines) is 1. The number of rotatable bonds is 7. The maximum absolute atomic E-state index is 13.1. The zero-order valence-corrected chi connectivity index (χ0v) is 19.7. The van der Waals surface area contributed by atoms with Crippen LogP contribution in [0.15, 0.2) is 52.7 Å². The van der Waals surface area contributed by atoms with Gasteiger partial charge in [-0.05, 0) is 43.4 Å². The second-order valence-corrected chi connectivity index (χ2v) is 11.6. The van der Waals surface area contributed by atoms with Crippen LogP contribution in [-0.4, -0.2) is 61.3 Å². The molecule has 1 aromatic rings. The molecule has 9 heteroatoms. The van der Waals surface area contributed by atoms with Crippen molar-refractivity contribution < 1.29 is 17.9 Å². The second-order valence-electron chi connectivity index (χ2n) is 8.84. The van der Waals surface area contributed by atoms with Crippen molar-refractivity contribution in [1.82, 2.24) is 9.62 Å². The average Bonchev–Trinajstić information content (AvgIpc) is 2.95. The lowest BCUT2D eigenvalue weighted by molar-refractivity contribution is 0.0464. The van der Waals surface area contributed by atoms with Crippen LogP contribution in [0.5, 0.6) is 0 Å². The van der Waals surface area contributed by atoms with E-state index < -0.39 is 10.0 Å². The summed E-state index contributed by atoms with van der Waals surface area (Å²) in [6.45, 7) is 1.78. The van der Waals surface area contributed by atoms with Crippen LogP contribution in [0.4, 0.5) is 4.39 Å². The third-order valence-corrected chi connectivity index (χ3v) is 8.62. The molecule has 2 heterocycles. The minimum absolute atomic E-state index is 0.0207. The average molecular weight is 480 g/mol. The van der Waals surface area contributed by atoms with Gasteiger partial charge in [0.1, 0.15) is 5.82 Å². The third kappa shape index (κ3) is 6.01. The molecule has 0 bridgehead atoms. The maximum atomic E-state index is 13.1. The molecule has 1 spiro atoms. The lowest BCUT2D eigenvalue weighted by Gasteiger charge is -2.51. The molecule has 32 heavy (non-hydrogen) atoms. The van der Waals surface area contributed by atoms with Crippen molar-refractivity contribution in [2.75, 3.05) is 37.7 Å². The quantitative estimate of drug-likeness (QED) is 0.588. The Morgan fingerprint density at radius 3 is 2.72 bits per heavy atom. The fourth-order valence-corrected chi connectivity index (χ4v) is 6.75. The van der Waals surface area contributed by atoms with Gasteiger partial charge in [-0.15, -0.1) is 0 Å². The van der Waals surface area contributed by atoms with Crippen LogP contribution >= 0.6 is 11.8 Å². The normalized spacial score (nSPS) is 20.8. The van der Waals surface area contributed by atoms with Crippen LogP contribution in [0.1, 0.15) is 31.2 Å². The summed E-state index contributed by atoms with van der Waals surface area (Å²) < 4.78 is 39.9. The van der Waals surface area contributed by atoms with Gasteiger partial charge < -0.3 is 10.0 Å². The van der Waals surface area contributed by atoms with Gasteiger partial charge in [0.25, 0.3) is 0 Å². The lowest BCUT2D eigenvalue weighted by Crippen LogP contribution is -2.57. The third-order valence-electron chi connectivity index (χ3n) is 6.29. The number of sulfonamides is 1. The highest BCUT2D eigenvalue weighted by Gasteiger charge is 2.44. The van der Waals surface area contributed by atoms with Gasteiger partial charge >= 0.3 is 0 Å². The molecule has 174 valence electrons. The van der Waals surface area contributed by atoms with Gasteiger partial charge in [0.2, 0.25) is 10.0 Å². The lowest BCUT2D eigenvalue weighted by atomic mass is 9.73. The first kappa shape index (κ1) is 23.5. The van der Waals surface area contributed by atoms with E-state index in [4.69, 9.17) is 10.1 Å². The van der Waals surface area contributed by atoms with Crippen molar-refractivity contribution >= 4 is 27.0 Å². The monoisotopic (exact) mass is 479 g/mol. The van der Waals surface area contributed by atoms with Gasteiger partial charge in [-0.2, -0.15) is 0 Å². The van der Waals surface area contributed by atoms with E-state index >= 15 is 0 Å². The summed E-state index contributed by atoms with van der Waals surface area (Å²) in [6, 6.07) is 6.59. The first-order valence-electron chi connectivity index (χ1n) is 11.0. The molecule has 4 rings (SSSR count). The molecule has 0 unspecified atom stereocenters. The largest absolute Gasteiger partial charge is 0.395 e. The SMILES string of the molecule is O=S(=O)(CC1=CCCC2(CC1)CN(C1=NC(Cc3ccc(F)cc3)=CCS1)C2)NCCO. The van der Waals surface area contributed by atoms with Gasteiger partial charge in [0.05, 0.1) is 12.4 Å².